The standard InChI is InChI=1S/C94H70N2/c1-9-27-75(28-10-1)91(76-29-11-2-12-30-76)65-73-51-61-89(62-52-73)95(69-93(79-35-17-5-18-36-79)80-37-19-6-20-38-80)87-57-47-71(48-58-87)45-55-85-67-83-43-25-26-44-84(83)68-86(85)56-46-72-49-59-88(60-50-72)96(70-94(81-39-21-7-22-40-81)82-41-23-8-24-42-82)90-63-53-74(54-64-90)66-92(77-31-13-3-14-32-77)78-33-15-4-16-34-78/h1-70H. The zero-order valence-electron chi connectivity index (χ0n) is 53.3. The van der Waals surface area contributed by atoms with Crippen molar-refractivity contribution < 1.29 is 0 Å². The summed E-state index contributed by atoms with van der Waals surface area (Å²) in [6.07, 6.45) is 18.1. The Morgan fingerprint density at radius 3 is 0.635 bits per heavy atom. The second-order valence-electron chi connectivity index (χ2n) is 23.7. The minimum Gasteiger partial charge on any atom is -0.317 e. The predicted molar refractivity (Wildman–Crippen MR) is 411 cm³/mol. The average molecular weight is 1230 g/mol. The number of hydrogen-bond acceptors (Lipinski definition) is 2. The summed E-state index contributed by atoms with van der Waals surface area (Å²) in [5.74, 6) is 0. The van der Waals surface area contributed by atoms with Crippen LogP contribution in [0.2, 0.25) is 0 Å². The van der Waals surface area contributed by atoms with Crippen LogP contribution in [0.25, 0.3) is 69.5 Å². The lowest BCUT2D eigenvalue weighted by Gasteiger charge is -2.24. The first kappa shape index (κ1) is 60.9. The Morgan fingerprint density at radius 2 is 0.396 bits per heavy atom. The second kappa shape index (κ2) is 29.8. The third kappa shape index (κ3) is 14.8. The van der Waals surface area contributed by atoms with Crippen LogP contribution in [0.1, 0.15) is 77.9 Å². The summed E-state index contributed by atoms with van der Waals surface area (Å²) in [5.41, 5.74) is 24.7. The van der Waals surface area contributed by atoms with Crippen molar-refractivity contribution in [2.24, 2.45) is 0 Å². The fraction of sp³-hybridized carbons (Fsp3) is 0. The van der Waals surface area contributed by atoms with E-state index in [1.807, 2.05) is 0 Å². The van der Waals surface area contributed by atoms with Crippen LogP contribution in [-0.2, 0) is 0 Å². The molecule has 2 nitrogen and oxygen atoms in total. The van der Waals surface area contributed by atoms with Crippen LogP contribution >= 0.6 is 0 Å². The van der Waals surface area contributed by atoms with E-state index < -0.39 is 0 Å². The van der Waals surface area contributed by atoms with Gasteiger partial charge in [-0.15, -0.1) is 0 Å². The molecule has 0 fully saturated rings. The molecule has 456 valence electrons. The minimum absolute atomic E-state index is 1.05. The number of hydrogen-bond donors (Lipinski definition) is 0. The van der Waals surface area contributed by atoms with E-state index in [0.717, 1.165) is 89.5 Å². The van der Waals surface area contributed by atoms with Crippen LogP contribution in [0, 0.1) is 0 Å². The summed E-state index contributed by atoms with van der Waals surface area (Å²) in [4.78, 5) is 4.63. The van der Waals surface area contributed by atoms with Crippen LogP contribution in [0.5, 0.6) is 0 Å². The molecule has 0 aromatic heterocycles. The van der Waals surface area contributed by atoms with E-state index in [1.165, 1.54) is 44.2 Å². The number of fused-ring (bicyclic) bond motifs is 1. The first-order chi connectivity index (χ1) is 47.6. The van der Waals surface area contributed by atoms with E-state index >= 15 is 0 Å². The topological polar surface area (TPSA) is 6.48 Å². The molecule has 14 aromatic carbocycles. The van der Waals surface area contributed by atoms with Crippen molar-refractivity contribution in [2.45, 2.75) is 0 Å². The highest BCUT2D eigenvalue weighted by atomic mass is 15.1. The van der Waals surface area contributed by atoms with Crippen molar-refractivity contribution >= 4 is 92.3 Å². The maximum Gasteiger partial charge on any atom is 0.0456 e. The van der Waals surface area contributed by atoms with Gasteiger partial charge in [-0.05, 0) is 173 Å². The fourth-order valence-electron chi connectivity index (χ4n) is 12.3. The van der Waals surface area contributed by atoms with Crippen LogP contribution in [0.15, 0.2) is 389 Å². The predicted octanol–water partition coefficient (Wildman–Crippen LogP) is 24.8. The van der Waals surface area contributed by atoms with Gasteiger partial charge in [0.25, 0.3) is 0 Å². The molecule has 0 spiro atoms. The van der Waals surface area contributed by atoms with Gasteiger partial charge in [-0.1, -0.05) is 340 Å². The first-order valence-corrected chi connectivity index (χ1v) is 32.8. The Morgan fingerprint density at radius 1 is 0.188 bits per heavy atom. The molecule has 0 bridgehead atoms. The molecular formula is C94H70N2. The van der Waals surface area contributed by atoms with Gasteiger partial charge in [-0.2, -0.15) is 0 Å². The summed E-state index contributed by atoms with van der Waals surface area (Å²) in [6, 6.07) is 134. The number of benzene rings is 14. The Labute approximate surface area is 565 Å². The fourth-order valence-corrected chi connectivity index (χ4v) is 12.3. The van der Waals surface area contributed by atoms with Crippen molar-refractivity contribution in [3.05, 3.63) is 466 Å². The van der Waals surface area contributed by atoms with Gasteiger partial charge in [0, 0.05) is 46.3 Å². The zero-order valence-corrected chi connectivity index (χ0v) is 53.3. The summed E-state index contributed by atoms with van der Waals surface area (Å²) < 4.78 is 0. The Kier molecular flexibility index (Phi) is 18.9. The Hall–Kier alpha value is -12.6. The smallest absolute Gasteiger partial charge is 0.0456 e. The molecule has 0 aliphatic heterocycles. The van der Waals surface area contributed by atoms with Crippen molar-refractivity contribution in [3.63, 3.8) is 0 Å². The molecule has 0 aliphatic rings. The molecular weight excluding hydrogens is 1160 g/mol. The van der Waals surface area contributed by atoms with Crippen LogP contribution in [-0.4, -0.2) is 0 Å². The van der Waals surface area contributed by atoms with E-state index in [9.17, 15) is 0 Å². The van der Waals surface area contributed by atoms with E-state index in [1.54, 1.807) is 0 Å². The molecule has 0 saturated carbocycles. The van der Waals surface area contributed by atoms with Gasteiger partial charge < -0.3 is 9.80 Å². The SMILES string of the molecule is C(=Cc1cc2ccccc2cc1C=Cc1ccc(N(C=C(c2ccccc2)c2ccccc2)c2ccc(C=C(c3ccccc3)c3ccccc3)cc2)cc1)c1ccc(N(C=C(c2ccccc2)c2ccccc2)c2ccc(C=C(c3ccccc3)c3ccccc3)cc2)cc1. The monoisotopic (exact) mass is 1230 g/mol. The van der Waals surface area contributed by atoms with Gasteiger partial charge in [0.05, 0.1) is 0 Å². The van der Waals surface area contributed by atoms with Crippen LogP contribution < -0.4 is 9.80 Å². The van der Waals surface area contributed by atoms with Gasteiger partial charge >= 0.3 is 0 Å². The molecule has 0 N–H and O–H groups in total. The van der Waals surface area contributed by atoms with E-state index in [2.05, 4.69) is 435 Å². The summed E-state index contributed by atoms with van der Waals surface area (Å²) in [5, 5.41) is 2.38. The molecule has 0 atom stereocenters. The van der Waals surface area contributed by atoms with Crippen LogP contribution in [0.4, 0.5) is 22.7 Å². The van der Waals surface area contributed by atoms with E-state index in [0.29, 0.717) is 0 Å². The lowest BCUT2D eigenvalue weighted by atomic mass is 9.95. The largest absolute Gasteiger partial charge is 0.317 e. The lowest BCUT2D eigenvalue weighted by Crippen LogP contribution is -2.10. The van der Waals surface area contributed by atoms with E-state index in [4.69, 9.17) is 0 Å². The third-order valence-corrected chi connectivity index (χ3v) is 17.4. The van der Waals surface area contributed by atoms with Gasteiger partial charge in [0.2, 0.25) is 0 Å². The summed E-state index contributed by atoms with van der Waals surface area (Å²) in [7, 11) is 0. The maximum absolute atomic E-state index is 2.32. The molecule has 0 heterocycles. The molecule has 2 heteroatoms. The van der Waals surface area contributed by atoms with Crippen molar-refractivity contribution in [3.8, 4) is 0 Å². The summed E-state index contributed by atoms with van der Waals surface area (Å²) >= 11 is 0. The highest BCUT2D eigenvalue weighted by Crippen LogP contribution is 2.37. The second-order valence-corrected chi connectivity index (χ2v) is 23.7. The Balaban J connectivity index is 0.776. The van der Waals surface area contributed by atoms with Gasteiger partial charge in [-0.25, -0.2) is 0 Å². The zero-order chi connectivity index (χ0) is 64.5. The van der Waals surface area contributed by atoms with Crippen LogP contribution in [0.3, 0.4) is 0 Å². The minimum atomic E-state index is 1.05. The maximum atomic E-state index is 2.32. The molecule has 0 amide bonds. The normalized spacial score (nSPS) is 11.0. The lowest BCUT2D eigenvalue weighted by molar-refractivity contribution is 1.28. The molecule has 0 aliphatic carbocycles. The number of rotatable bonds is 20. The molecule has 14 rings (SSSR count). The van der Waals surface area contributed by atoms with Crippen molar-refractivity contribution in [1.82, 2.24) is 0 Å². The molecule has 0 saturated heterocycles. The highest BCUT2D eigenvalue weighted by molar-refractivity contribution is 5.95. The molecule has 14 aromatic rings. The number of nitrogens with zero attached hydrogens (tertiary/aromatic N) is 2. The quantitative estimate of drug-likeness (QED) is 0.0702. The molecule has 0 radical (unpaired) electrons. The highest BCUT2D eigenvalue weighted by Gasteiger charge is 2.16. The first-order valence-electron chi connectivity index (χ1n) is 32.8. The van der Waals surface area contributed by atoms with Crippen molar-refractivity contribution in [1.29, 1.82) is 0 Å². The number of anilines is 4. The van der Waals surface area contributed by atoms with Gasteiger partial charge in [-0.3, -0.25) is 0 Å². The summed E-state index contributed by atoms with van der Waals surface area (Å²) in [6.45, 7) is 0. The van der Waals surface area contributed by atoms with Gasteiger partial charge in [0.15, 0.2) is 0 Å². The molecule has 0 unspecified atom stereocenters. The van der Waals surface area contributed by atoms with Crippen molar-refractivity contribution in [2.75, 3.05) is 9.80 Å². The van der Waals surface area contributed by atoms with Gasteiger partial charge in [0.1, 0.15) is 0 Å². The van der Waals surface area contributed by atoms with E-state index in [-0.39, 0.29) is 0 Å². The average Bonchev–Trinajstić information content (AvgIpc) is 0.885. The Bertz CT molecular complexity index is 4550. The molecule has 96 heavy (non-hydrogen) atoms. The third-order valence-electron chi connectivity index (χ3n) is 17.4.